The van der Waals surface area contributed by atoms with E-state index in [4.69, 9.17) is 5.11 Å². The number of carboxylic acid groups (broad SMARTS) is 2. The van der Waals surface area contributed by atoms with Gasteiger partial charge in [0, 0.05) is 4.90 Å². The highest BCUT2D eigenvalue weighted by atomic mass is 32.2. The van der Waals surface area contributed by atoms with Crippen LogP contribution in [0.2, 0.25) is 0 Å². The summed E-state index contributed by atoms with van der Waals surface area (Å²) in [5.41, 5.74) is -0.109. The van der Waals surface area contributed by atoms with E-state index in [0.29, 0.717) is 4.90 Å². The monoisotopic (exact) mass is 267 g/mol. The van der Waals surface area contributed by atoms with Crippen molar-refractivity contribution in [1.82, 2.24) is 0 Å². The van der Waals surface area contributed by atoms with Gasteiger partial charge in [0.15, 0.2) is 0 Å². The molecule has 0 aliphatic heterocycles. The normalized spacial score (nSPS) is 10.3. The zero-order valence-electron chi connectivity index (χ0n) is 10.1. The first kappa shape index (κ1) is 14.6. The quantitative estimate of drug-likeness (QED) is 0.604. The van der Waals surface area contributed by atoms with Gasteiger partial charge in [-0.05, 0) is 35.9 Å². The summed E-state index contributed by atoms with van der Waals surface area (Å²) in [4.78, 5) is 22.3. The van der Waals surface area contributed by atoms with Crippen molar-refractivity contribution < 1.29 is 19.8 Å². The Bertz CT molecular complexity index is 410. The van der Waals surface area contributed by atoms with Crippen molar-refractivity contribution in [1.29, 1.82) is 0 Å². The fourth-order valence-corrected chi connectivity index (χ4v) is 2.47. The molecule has 0 aromatic heterocycles. The van der Waals surface area contributed by atoms with Gasteiger partial charge < -0.3 is 15.0 Å². The van der Waals surface area contributed by atoms with Crippen molar-refractivity contribution in [2.24, 2.45) is 0 Å². The van der Waals surface area contributed by atoms with E-state index < -0.39 is 11.9 Å². The molecule has 1 rings (SSSR count). The number of carbonyl (C=O) groups is 2. The molecule has 5 heteroatoms. The second-order valence-electron chi connectivity index (χ2n) is 3.89. The highest BCUT2D eigenvalue weighted by Crippen LogP contribution is 2.23. The molecule has 1 N–H and O–H groups in total. The molecule has 1 aromatic carbocycles. The fourth-order valence-electron chi connectivity index (χ4n) is 1.47. The van der Waals surface area contributed by atoms with Crippen LogP contribution in [-0.4, -0.2) is 22.8 Å². The summed E-state index contributed by atoms with van der Waals surface area (Å²) in [5, 5.41) is 19.7. The molecule has 0 aliphatic carbocycles. The molecule has 0 aliphatic rings. The maximum atomic E-state index is 10.9. The molecule has 4 nitrogen and oxygen atoms in total. The van der Waals surface area contributed by atoms with E-state index in [9.17, 15) is 14.7 Å². The summed E-state index contributed by atoms with van der Waals surface area (Å²) in [6.45, 7) is 2.10. The van der Waals surface area contributed by atoms with Gasteiger partial charge in [-0.1, -0.05) is 19.8 Å². The number of carbonyl (C=O) groups excluding carboxylic acids is 1. The Morgan fingerprint density at radius 1 is 1.22 bits per heavy atom. The largest absolute Gasteiger partial charge is 0.545 e. The van der Waals surface area contributed by atoms with Crippen LogP contribution in [0.15, 0.2) is 23.1 Å². The van der Waals surface area contributed by atoms with Crippen LogP contribution in [0.25, 0.3) is 0 Å². The van der Waals surface area contributed by atoms with Crippen LogP contribution < -0.4 is 5.11 Å². The van der Waals surface area contributed by atoms with Crippen molar-refractivity contribution in [3.8, 4) is 0 Å². The van der Waals surface area contributed by atoms with Gasteiger partial charge in [-0.25, -0.2) is 4.79 Å². The van der Waals surface area contributed by atoms with E-state index in [1.165, 1.54) is 23.9 Å². The fraction of sp³-hybridized carbons (Fsp3) is 0.385. The number of aromatic carboxylic acids is 2. The molecular weight excluding hydrogens is 252 g/mol. The molecule has 0 amide bonds. The van der Waals surface area contributed by atoms with E-state index in [2.05, 4.69) is 6.92 Å². The van der Waals surface area contributed by atoms with Gasteiger partial charge in [0.25, 0.3) is 0 Å². The second-order valence-corrected chi connectivity index (χ2v) is 5.06. The third-order valence-electron chi connectivity index (χ3n) is 2.41. The van der Waals surface area contributed by atoms with Crippen molar-refractivity contribution in [3.63, 3.8) is 0 Å². The minimum Gasteiger partial charge on any atom is -0.545 e. The van der Waals surface area contributed by atoms with Crippen LogP contribution in [0.4, 0.5) is 0 Å². The molecule has 0 bridgehead atoms. The summed E-state index contributed by atoms with van der Waals surface area (Å²) in [6.07, 6.45) is 3.25. The first-order valence-electron chi connectivity index (χ1n) is 5.77. The SMILES string of the molecule is CCCCCSc1cc(C(=O)[O-])cc(C(=O)O)c1. The van der Waals surface area contributed by atoms with Crippen LogP contribution in [0.5, 0.6) is 0 Å². The van der Waals surface area contributed by atoms with Crippen LogP contribution in [0.3, 0.4) is 0 Å². The van der Waals surface area contributed by atoms with Gasteiger partial charge >= 0.3 is 5.97 Å². The molecule has 0 atom stereocenters. The van der Waals surface area contributed by atoms with Crippen molar-refractivity contribution in [2.75, 3.05) is 5.75 Å². The first-order chi connectivity index (χ1) is 8.54. The lowest BCUT2D eigenvalue weighted by Gasteiger charge is -2.08. The molecule has 98 valence electrons. The van der Waals surface area contributed by atoms with E-state index in [0.717, 1.165) is 31.1 Å². The molecular formula is C13H15O4S-. The van der Waals surface area contributed by atoms with E-state index in [-0.39, 0.29) is 11.1 Å². The van der Waals surface area contributed by atoms with Gasteiger partial charge in [-0.3, -0.25) is 0 Å². The molecule has 0 heterocycles. The molecule has 0 radical (unpaired) electrons. The average molecular weight is 267 g/mol. The van der Waals surface area contributed by atoms with Crippen molar-refractivity contribution >= 4 is 23.7 Å². The van der Waals surface area contributed by atoms with Crippen LogP contribution >= 0.6 is 11.8 Å². The first-order valence-corrected chi connectivity index (χ1v) is 6.75. The van der Waals surface area contributed by atoms with Crippen LogP contribution in [0, 0.1) is 0 Å². The highest BCUT2D eigenvalue weighted by Gasteiger charge is 2.08. The number of rotatable bonds is 7. The van der Waals surface area contributed by atoms with E-state index in [1.54, 1.807) is 0 Å². The summed E-state index contributed by atoms with van der Waals surface area (Å²) in [6, 6.07) is 4.07. The average Bonchev–Trinajstić information content (AvgIpc) is 2.34. The number of unbranched alkanes of at least 4 members (excludes halogenated alkanes) is 2. The summed E-state index contributed by atoms with van der Waals surface area (Å²) < 4.78 is 0. The van der Waals surface area contributed by atoms with Crippen molar-refractivity contribution in [3.05, 3.63) is 29.3 Å². The van der Waals surface area contributed by atoms with Crippen molar-refractivity contribution in [2.45, 2.75) is 31.1 Å². The van der Waals surface area contributed by atoms with Gasteiger partial charge in [-0.2, -0.15) is 0 Å². The zero-order valence-corrected chi connectivity index (χ0v) is 11.0. The third-order valence-corrected chi connectivity index (χ3v) is 3.47. The van der Waals surface area contributed by atoms with Crippen LogP contribution in [0.1, 0.15) is 46.9 Å². The summed E-state index contributed by atoms with van der Waals surface area (Å²) >= 11 is 1.47. The van der Waals surface area contributed by atoms with E-state index in [1.807, 2.05) is 0 Å². The van der Waals surface area contributed by atoms with Gasteiger partial charge in [0.2, 0.25) is 0 Å². The minimum absolute atomic E-state index is 0.0188. The molecule has 1 aromatic rings. The van der Waals surface area contributed by atoms with Crippen LogP contribution in [-0.2, 0) is 0 Å². The lowest BCUT2D eigenvalue weighted by molar-refractivity contribution is -0.255. The molecule has 0 unspecified atom stereocenters. The maximum Gasteiger partial charge on any atom is 0.335 e. The van der Waals surface area contributed by atoms with Gasteiger partial charge in [0.1, 0.15) is 0 Å². The Balaban J connectivity index is 2.83. The molecule has 0 spiro atoms. The lowest BCUT2D eigenvalue weighted by atomic mass is 10.1. The number of thioether (sulfide) groups is 1. The number of hydrogen-bond donors (Lipinski definition) is 1. The Kier molecular flexibility index (Phi) is 5.71. The third kappa shape index (κ3) is 4.41. The standard InChI is InChI=1S/C13H16O4S/c1-2-3-4-5-18-11-7-9(12(14)15)6-10(8-11)13(16)17/h6-8H,2-5H2,1H3,(H,14,15)(H,16,17)/p-1. The number of hydrogen-bond acceptors (Lipinski definition) is 4. The molecule has 18 heavy (non-hydrogen) atoms. The Labute approximate surface area is 110 Å². The predicted octanol–water partition coefficient (Wildman–Crippen LogP) is 2.03. The van der Waals surface area contributed by atoms with Gasteiger partial charge in [0.05, 0.1) is 11.5 Å². The molecule has 0 fully saturated rings. The zero-order chi connectivity index (χ0) is 13.5. The summed E-state index contributed by atoms with van der Waals surface area (Å²) in [7, 11) is 0. The minimum atomic E-state index is -1.35. The molecule has 0 saturated heterocycles. The highest BCUT2D eigenvalue weighted by molar-refractivity contribution is 7.99. The van der Waals surface area contributed by atoms with E-state index >= 15 is 0 Å². The predicted molar refractivity (Wildman–Crippen MR) is 68.0 cm³/mol. The summed E-state index contributed by atoms with van der Waals surface area (Å²) in [5.74, 6) is -1.63. The second kappa shape index (κ2) is 7.06. The molecule has 0 saturated carbocycles. The number of carboxylic acids is 2. The Morgan fingerprint density at radius 2 is 1.89 bits per heavy atom. The smallest absolute Gasteiger partial charge is 0.335 e. The Hall–Kier alpha value is -1.49. The Morgan fingerprint density at radius 3 is 2.44 bits per heavy atom. The maximum absolute atomic E-state index is 10.9. The number of benzene rings is 1. The lowest BCUT2D eigenvalue weighted by Crippen LogP contribution is -2.22. The van der Waals surface area contributed by atoms with Gasteiger partial charge in [-0.15, -0.1) is 11.8 Å². The topological polar surface area (TPSA) is 77.4 Å².